The van der Waals surface area contributed by atoms with Crippen LogP contribution in [0.3, 0.4) is 0 Å². The van der Waals surface area contributed by atoms with Crippen LogP contribution in [0.5, 0.6) is 0 Å². The van der Waals surface area contributed by atoms with E-state index in [0.29, 0.717) is 26.2 Å². The van der Waals surface area contributed by atoms with E-state index in [1.807, 2.05) is 16.8 Å². The van der Waals surface area contributed by atoms with Gasteiger partial charge in [-0.1, -0.05) is 0 Å². The summed E-state index contributed by atoms with van der Waals surface area (Å²) in [5.74, 6) is 0. The second-order valence-corrected chi connectivity index (χ2v) is 6.40. The minimum absolute atomic E-state index is 0.0227. The maximum Gasteiger partial charge on any atom is 0.319 e. The number of nitrogens with zero attached hydrogens (tertiary/aromatic N) is 5. The van der Waals surface area contributed by atoms with E-state index in [2.05, 4.69) is 4.90 Å². The van der Waals surface area contributed by atoms with Crippen molar-refractivity contribution in [1.82, 2.24) is 24.5 Å². The Hall–Kier alpha value is -1.50. The number of likely N-dealkylation sites (tertiary alicyclic amines) is 1. The van der Waals surface area contributed by atoms with E-state index < -0.39 is 0 Å². The molecule has 0 N–H and O–H groups in total. The van der Waals surface area contributed by atoms with Crippen LogP contribution < -0.4 is 0 Å². The summed E-state index contributed by atoms with van der Waals surface area (Å²) in [5.41, 5.74) is 0. The molecule has 2 aliphatic heterocycles. The van der Waals surface area contributed by atoms with E-state index >= 15 is 0 Å². The Morgan fingerprint density at radius 2 is 1.32 bits per heavy atom. The lowest BCUT2D eigenvalue weighted by molar-refractivity contribution is 0.113. The molecule has 0 aromatic rings. The third-order valence-electron chi connectivity index (χ3n) is 4.48. The number of likely N-dealkylation sites (N-methyl/N-ethyl adjacent to an activating group) is 1. The Balaban J connectivity index is 1.72. The first kappa shape index (κ1) is 16.9. The highest BCUT2D eigenvalue weighted by molar-refractivity contribution is 5.76. The molecule has 0 aromatic heterocycles. The van der Waals surface area contributed by atoms with Crippen LogP contribution in [0, 0.1) is 0 Å². The SMILES string of the molecule is CN(C)C(=O)N1CCN(C(=O)N(C)CCN2CCCC2)CC1. The number of rotatable bonds is 3. The molecular weight excluding hydrogens is 282 g/mol. The lowest BCUT2D eigenvalue weighted by Crippen LogP contribution is -2.55. The molecule has 0 aliphatic carbocycles. The van der Waals surface area contributed by atoms with Crippen molar-refractivity contribution in [3.8, 4) is 0 Å². The molecule has 0 unspecified atom stereocenters. The molecule has 4 amide bonds. The van der Waals surface area contributed by atoms with Crippen LogP contribution in [0.15, 0.2) is 0 Å². The van der Waals surface area contributed by atoms with Gasteiger partial charge in [-0.2, -0.15) is 0 Å². The summed E-state index contributed by atoms with van der Waals surface area (Å²) in [7, 11) is 5.38. The molecule has 7 heteroatoms. The van der Waals surface area contributed by atoms with Crippen molar-refractivity contribution in [3.63, 3.8) is 0 Å². The summed E-state index contributed by atoms with van der Waals surface area (Å²) >= 11 is 0. The van der Waals surface area contributed by atoms with Gasteiger partial charge in [0.2, 0.25) is 0 Å². The molecule has 2 fully saturated rings. The zero-order valence-electron chi connectivity index (χ0n) is 14.1. The summed E-state index contributed by atoms with van der Waals surface area (Å²) in [6.45, 7) is 6.52. The molecule has 7 nitrogen and oxygen atoms in total. The topological polar surface area (TPSA) is 50.3 Å². The number of piperazine rings is 1. The van der Waals surface area contributed by atoms with Gasteiger partial charge in [0.05, 0.1) is 0 Å². The second-order valence-electron chi connectivity index (χ2n) is 6.40. The molecule has 0 aromatic carbocycles. The molecule has 126 valence electrons. The van der Waals surface area contributed by atoms with Crippen molar-refractivity contribution in [2.45, 2.75) is 12.8 Å². The molecule has 2 saturated heterocycles. The van der Waals surface area contributed by atoms with E-state index in [9.17, 15) is 9.59 Å². The molecule has 2 aliphatic rings. The van der Waals surface area contributed by atoms with Crippen LogP contribution in [0.25, 0.3) is 0 Å². The maximum atomic E-state index is 12.4. The third-order valence-corrected chi connectivity index (χ3v) is 4.48. The fraction of sp³-hybridized carbons (Fsp3) is 0.867. The highest BCUT2D eigenvalue weighted by Gasteiger charge is 2.26. The van der Waals surface area contributed by atoms with Crippen LogP contribution in [-0.4, -0.2) is 110 Å². The van der Waals surface area contributed by atoms with Gasteiger partial charge in [-0.15, -0.1) is 0 Å². The Bertz CT molecular complexity index is 387. The predicted molar refractivity (Wildman–Crippen MR) is 85.9 cm³/mol. The molecule has 0 saturated carbocycles. The van der Waals surface area contributed by atoms with Crippen molar-refractivity contribution in [2.75, 3.05) is 73.5 Å². The van der Waals surface area contributed by atoms with Gasteiger partial charge < -0.3 is 24.5 Å². The first-order valence-corrected chi connectivity index (χ1v) is 8.17. The lowest BCUT2D eigenvalue weighted by atomic mass is 10.3. The maximum absolute atomic E-state index is 12.4. The van der Waals surface area contributed by atoms with Gasteiger partial charge in [0.1, 0.15) is 0 Å². The van der Waals surface area contributed by atoms with E-state index in [4.69, 9.17) is 0 Å². The second kappa shape index (κ2) is 7.67. The summed E-state index contributed by atoms with van der Waals surface area (Å²) in [6, 6.07) is 0.102. The monoisotopic (exact) mass is 311 g/mol. The van der Waals surface area contributed by atoms with Crippen LogP contribution in [-0.2, 0) is 0 Å². The van der Waals surface area contributed by atoms with Crippen molar-refractivity contribution >= 4 is 12.1 Å². The number of urea groups is 2. The minimum atomic E-state index is 0.0227. The van der Waals surface area contributed by atoms with Gasteiger partial charge in [-0.3, -0.25) is 0 Å². The average Bonchev–Trinajstić information content (AvgIpc) is 3.04. The Labute approximate surface area is 133 Å². The number of carbonyl (C=O) groups excluding carboxylic acids is 2. The molecule has 2 rings (SSSR count). The summed E-state index contributed by atoms with van der Waals surface area (Å²) in [5, 5.41) is 0. The van der Waals surface area contributed by atoms with Gasteiger partial charge in [0.25, 0.3) is 0 Å². The van der Waals surface area contributed by atoms with Crippen LogP contribution in [0.4, 0.5) is 9.59 Å². The molecule has 0 atom stereocenters. The number of amides is 4. The van der Waals surface area contributed by atoms with Gasteiger partial charge in [0.15, 0.2) is 0 Å². The molecule has 2 heterocycles. The summed E-state index contributed by atoms with van der Waals surface area (Å²) < 4.78 is 0. The highest BCUT2D eigenvalue weighted by atomic mass is 16.2. The first-order valence-electron chi connectivity index (χ1n) is 8.17. The van der Waals surface area contributed by atoms with Crippen molar-refractivity contribution in [3.05, 3.63) is 0 Å². The standard InChI is InChI=1S/C15H29N5O2/c1-16(2)14(21)19-10-12-20(13-11-19)15(22)17(3)8-9-18-6-4-5-7-18/h4-13H2,1-3H3. The van der Waals surface area contributed by atoms with Gasteiger partial charge >= 0.3 is 12.1 Å². The van der Waals surface area contributed by atoms with E-state index in [-0.39, 0.29) is 12.1 Å². The summed E-state index contributed by atoms with van der Waals surface area (Å²) in [4.78, 5) is 33.8. The fourth-order valence-electron chi connectivity index (χ4n) is 3.01. The van der Waals surface area contributed by atoms with E-state index in [0.717, 1.165) is 26.2 Å². The van der Waals surface area contributed by atoms with Crippen LogP contribution in [0.1, 0.15) is 12.8 Å². The summed E-state index contributed by atoms with van der Waals surface area (Å²) in [6.07, 6.45) is 2.55. The van der Waals surface area contributed by atoms with Crippen LogP contribution >= 0.6 is 0 Å². The average molecular weight is 311 g/mol. The van der Waals surface area contributed by atoms with Gasteiger partial charge in [0, 0.05) is 60.4 Å². The fourth-order valence-corrected chi connectivity index (χ4v) is 3.01. The Morgan fingerprint density at radius 1 is 0.818 bits per heavy atom. The van der Waals surface area contributed by atoms with Gasteiger partial charge in [-0.05, 0) is 25.9 Å². The smallest absolute Gasteiger partial charge is 0.319 e. The third kappa shape index (κ3) is 4.25. The molecule has 0 bridgehead atoms. The van der Waals surface area contributed by atoms with Crippen LogP contribution in [0.2, 0.25) is 0 Å². The van der Waals surface area contributed by atoms with Crippen molar-refractivity contribution in [2.24, 2.45) is 0 Å². The number of hydrogen-bond acceptors (Lipinski definition) is 3. The quantitative estimate of drug-likeness (QED) is 0.760. The van der Waals surface area contributed by atoms with Crippen molar-refractivity contribution in [1.29, 1.82) is 0 Å². The Morgan fingerprint density at radius 3 is 1.82 bits per heavy atom. The molecule has 22 heavy (non-hydrogen) atoms. The van der Waals surface area contributed by atoms with Crippen molar-refractivity contribution < 1.29 is 9.59 Å². The molecule has 0 radical (unpaired) electrons. The zero-order chi connectivity index (χ0) is 16.1. The first-order chi connectivity index (χ1) is 10.5. The largest absolute Gasteiger partial charge is 0.331 e. The highest BCUT2D eigenvalue weighted by Crippen LogP contribution is 2.09. The lowest BCUT2D eigenvalue weighted by Gasteiger charge is -2.37. The molecular formula is C15H29N5O2. The minimum Gasteiger partial charge on any atom is -0.331 e. The zero-order valence-corrected chi connectivity index (χ0v) is 14.1. The Kier molecular flexibility index (Phi) is 5.88. The normalized spacial score (nSPS) is 19.4. The predicted octanol–water partition coefficient (Wildman–Crippen LogP) is 0.433. The molecule has 0 spiro atoms. The number of carbonyl (C=O) groups is 2. The van der Waals surface area contributed by atoms with E-state index in [1.165, 1.54) is 12.8 Å². The van der Waals surface area contributed by atoms with Gasteiger partial charge in [-0.25, -0.2) is 9.59 Å². The number of hydrogen-bond donors (Lipinski definition) is 0. The van der Waals surface area contributed by atoms with E-state index in [1.54, 1.807) is 23.9 Å².